The van der Waals surface area contributed by atoms with Gasteiger partial charge in [-0.2, -0.15) is 0 Å². The highest BCUT2D eigenvalue weighted by Crippen LogP contribution is 2.34. The van der Waals surface area contributed by atoms with Crippen molar-refractivity contribution in [3.05, 3.63) is 64.3 Å². The Morgan fingerprint density at radius 1 is 1.43 bits per heavy atom. The monoisotopic (exact) mass is 302 g/mol. The molecule has 0 saturated carbocycles. The molecular weight excluding hydrogens is 276 g/mol. The van der Waals surface area contributed by atoms with Gasteiger partial charge < -0.3 is 0 Å². The van der Waals surface area contributed by atoms with Crippen molar-refractivity contribution in [1.82, 2.24) is 0 Å². The van der Waals surface area contributed by atoms with E-state index in [1.54, 1.807) is 0 Å². The van der Waals surface area contributed by atoms with Crippen LogP contribution >= 0.6 is 0 Å². The van der Waals surface area contributed by atoms with Crippen molar-refractivity contribution in [2.75, 3.05) is 0 Å². The second-order valence-electron chi connectivity index (χ2n) is 6.00. The Labute approximate surface area is 141 Å². The Kier molecular flexibility index (Phi) is 5.83. The quantitative estimate of drug-likeness (QED) is 0.447. The molecule has 0 fully saturated rings. The summed E-state index contributed by atoms with van der Waals surface area (Å²) in [6.07, 6.45) is 20.8. The smallest absolute Gasteiger partial charge is 0.000741 e. The maximum Gasteiger partial charge on any atom is -0.000741 e. The Morgan fingerprint density at radius 3 is 2.83 bits per heavy atom. The fraction of sp³-hybridized carbons (Fsp3) is 0.304. The van der Waals surface area contributed by atoms with Gasteiger partial charge >= 0.3 is 0 Å². The summed E-state index contributed by atoms with van der Waals surface area (Å²) in [5, 5.41) is 0. The fourth-order valence-corrected chi connectivity index (χ4v) is 3.30. The molecule has 0 aliphatic heterocycles. The van der Waals surface area contributed by atoms with Gasteiger partial charge in [-0.05, 0) is 84.2 Å². The molecule has 0 N–H and O–H groups in total. The number of terminal acetylenes is 1. The lowest BCUT2D eigenvalue weighted by Gasteiger charge is -2.22. The Balaban J connectivity index is 2.74. The maximum absolute atomic E-state index is 5.54. The highest BCUT2D eigenvalue weighted by Gasteiger charge is 2.17. The van der Waals surface area contributed by atoms with Crippen LogP contribution in [0.3, 0.4) is 0 Å². The molecule has 2 rings (SSSR count). The van der Waals surface area contributed by atoms with Crippen LogP contribution in [0.15, 0.2) is 36.4 Å². The van der Waals surface area contributed by atoms with Crippen molar-refractivity contribution >= 4 is 17.7 Å². The molecule has 1 aromatic rings. The Bertz CT molecular complexity index is 730. The summed E-state index contributed by atoms with van der Waals surface area (Å²) in [7, 11) is 0. The number of fused-ring (bicyclic) bond motifs is 1. The van der Waals surface area contributed by atoms with E-state index in [2.05, 4.69) is 56.7 Å². The van der Waals surface area contributed by atoms with E-state index in [0.29, 0.717) is 0 Å². The molecule has 1 aromatic carbocycles. The summed E-state index contributed by atoms with van der Waals surface area (Å²) in [5.74, 6) is 2.72. The first kappa shape index (κ1) is 17.1. The molecule has 0 saturated heterocycles. The van der Waals surface area contributed by atoms with Gasteiger partial charge in [0, 0.05) is 0 Å². The second-order valence-corrected chi connectivity index (χ2v) is 6.00. The van der Waals surface area contributed by atoms with E-state index in [1.165, 1.54) is 33.4 Å². The van der Waals surface area contributed by atoms with Crippen molar-refractivity contribution in [2.24, 2.45) is 0 Å². The lowest BCUT2D eigenvalue weighted by Crippen LogP contribution is -2.06. The van der Waals surface area contributed by atoms with Crippen molar-refractivity contribution in [3.63, 3.8) is 0 Å². The third-order valence-electron chi connectivity index (χ3n) is 4.41. The molecule has 23 heavy (non-hydrogen) atoms. The molecule has 0 radical (unpaired) electrons. The van der Waals surface area contributed by atoms with E-state index >= 15 is 0 Å². The van der Waals surface area contributed by atoms with Gasteiger partial charge in [0.1, 0.15) is 0 Å². The van der Waals surface area contributed by atoms with Crippen molar-refractivity contribution in [1.29, 1.82) is 0 Å². The average Bonchev–Trinajstić information content (AvgIpc) is 2.59. The molecule has 0 spiro atoms. The molecule has 0 atom stereocenters. The van der Waals surface area contributed by atoms with E-state index in [0.717, 1.165) is 31.3 Å². The van der Waals surface area contributed by atoms with Crippen LogP contribution in [-0.2, 0) is 12.8 Å². The fourth-order valence-electron chi connectivity index (χ4n) is 3.30. The van der Waals surface area contributed by atoms with Crippen molar-refractivity contribution < 1.29 is 0 Å². The standard InChI is InChI=1S/C23H26/c1-6-12-22-20(9-4)23(18(8-3)15-17(5)7-2)16-19-13-10-11-14-21(19)22/h2,8-10,13,15-16H,4,6,11-12,14H2,1,3,5H3/b17-15-,18-8+. The Hall–Kier alpha value is -2.26. The highest BCUT2D eigenvalue weighted by atomic mass is 14.2. The normalized spacial score (nSPS) is 14.3. The molecule has 118 valence electrons. The van der Waals surface area contributed by atoms with E-state index in [-0.39, 0.29) is 0 Å². The molecular formula is C23H26. The molecule has 0 aromatic heterocycles. The predicted octanol–water partition coefficient (Wildman–Crippen LogP) is 6.22. The van der Waals surface area contributed by atoms with Gasteiger partial charge in [-0.1, -0.05) is 50.1 Å². The third kappa shape index (κ3) is 3.57. The third-order valence-corrected chi connectivity index (χ3v) is 4.41. The Morgan fingerprint density at radius 2 is 2.22 bits per heavy atom. The lowest BCUT2D eigenvalue weighted by atomic mass is 9.82. The molecule has 0 unspecified atom stereocenters. The number of benzene rings is 1. The molecule has 0 nitrogen and oxygen atoms in total. The lowest BCUT2D eigenvalue weighted by molar-refractivity contribution is 0.874. The maximum atomic E-state index is 5.54. The first-order valence-corrected chi connectivity index (χ1v) is 8.45. The second kappa shape index (κ2) is 7.84. The molecule has 0 heterocycles. The van der Waals surface area contributed by atoms with Gasteiger partial charge in [-0.15, -0.1) is 6.42 Å². The minimum atomic E-state index is 0.943. The summed E-state index contributed by atoms with van der Waals surface area (Å²) in [4.78, 5) is 0. The molecule has 1 aliphatic rings. The molecule has 1 aliphatic carbocycles. The summed E-state index contributed by atoms with van der Waals surface area (Å²) >= 11 is 0. The largest absolute Gasteiger partial charge is 0.115 e. The van der Waals surface area contributed by atoms with E-state index in [4.69, 9.17) is 6.42 Å². The average molecular weight is 302 g/mol. The zero-order chi connectivity index (χ0) is 16.8. The van der Waals surface area contributed by atoms with Crippen LogP contribution in [0.5, 0.6) is 0 Å². The number of allylic oxidation sites excluding steroid dienone is 5. The summed E-state index contributed by atoms with van der Waals surface area (Å²) < 4.78 is 0. The first-order valence-electron chi connectivity index (χ1n) is 8.45. The highest BCUT2D eigenvalue weighted by molar-refractivity contribution is 5.84. The van der Waals surface area contributed by atoms with E-state index in [1.807, 2.05) is 13.0 Å². The predicted molar refractivity (Wildman–Crippen MR) is 104 cm³/mol. The number of rotatable bonds is 5. The summed E-state index contributed by atoms with van der Waals surface area (Å²) in [5.41, 5.74) is 8.95. The van der Waals surface area contributed by atoms with Crippen LogP contribution in [0.2, 0.25) is 0 Å². The van der Waals surface area contributed by atoms with Gasteiger partial charge in [0.15, 0.2) is 0 Å². The van der Waals surface area contributed by atoms with Crippen LogP contribution in [0, 0.1) is 12.3 Å². The number of hydrogen-bond donors (Lipinski definition) is 0. The number of hydrogen-bond acceptors (Lipinski definition) is 0. The van der Waals surface area contributed by atoms with Gasteiger partial charge in [0.2, 0.25) is 0 Å². The van der Waals surface area contributed by atoms with Crippen LogP contribution in [-0.4, -0.2) is 0 Å². The summed E-state index contributed by atoms with van der Waals surface area (Å²) in [6, 6.07) is 2.30. The molecule has 0 amide bonds. The zero-order valence-corrected chi connectivity index (χ0v) is 14.6. The minimum absolute atomic E-state index is 0.943. The van der Waals surface area contributed by atoms with Crippen LogP contribution < -0.4 is 0 Å². The van der Waals surface area contributed by atoms with Crippen LogP contribution in [0.25, 0.3) is 17.7 Å². The topological polar surface area (TPSA) is 0 Å². The van der Waals surface area contributed by atoms with Gasteiger partial charge in [0.05, 0.1) is 0 Å². The van der Waals surface area contributed by atoms with E-state index < -0.39 is 0 Å². The zero-order valence-electron chi connectivity index (χ0n) is 14.6. The molecule has 0 heteroatoms. The minimum Gasteiger partial charge on any atom is -0.115 e. The summed E-state index contributed by atoms with van der Waals surface area (Å²) in [6.45, 7) is 10.4. The van der Waals surface area contributed by atoms with Crippen molar-refractivity contribution in [3.8, 4) is 12.3 Å². The van der Waals surface area contributed by atoms with Gasteiger partial charge in [0.25, 0.3) is 0 Å². The van der Waals surface area contributed by atoms with Crippen molar-refractivity contribution in [2.45, 2.75) is 46.5 Å². The van der Waals surface area contributed by atoms with Gasteiger partial charge in [-0.25, -0.2) is 0 Å². The van der Waals surface area contributed by atoms with Crippen LogP contribution in [0.4, 0.5) is 0 Å². The van der Waals surface area contributed by atoms with Crippen LogP contribution in [0.1, 0.15) is 61.4 Å². The van der Waals surface area contributed by atoms with E-state index in [9.17, 15) is 0 Å². The first-order chi connectivity index (χ1) is 11.2. The SMILES string of the molecule is C#C/C(C)=C\C(=C/C)c1cc2c(c(CCC)c1C=C)CCC=C2. The molecule has 0 bridgehead atoms. The van der Waals surface area contributed by atoms with Gasteiger partial charge in [-0.3, -0.25) is 0 Å².